The molecule has 0 aromatic heterocycles. The van der Waals surface area contributed by atoms with E-state index in [4.69, 9.17) is 14.2 Å². The average Bonchev–Trinajstić information content (AvgIpc) is 3.49. The Morgan fingerprint density at radius 3 is 0.759 bits per heavy atom. The molecule has 478 valence electrons. The summed E-state index contributed by atoms with van der Waals surface area (Å²) < 4.78 is 17.0. The van der Waals surface area contributed by atoms with Gasteiger partial charge < -0.3 is 14.2 Å². The Hall–Kier alpha value is -3.67. The third-order valence-corrected chi connectivity index (χ3v) is 15.6. The molecule has 0 rings (SSSR count). The van der Waals surface area contributed by atoms with Gasteiger partial charge in [-0.25, -0.2) is 0 Å². The van der Waals surface area contributed by atoms with Gasteiger partial charge in [-0.2, -0.15) is 0 Å². The molecule has 0 fully saturated rings. The Labute approximate surface area is 515 Å². The Balaban J connectivity index is 4.18. The number of allylic oxidation sites excluding steroid dienone is 16. The molecule has 83 heavy (non-hydrogen) atoms. The molecular formula is C77H134O6. The normalized spacial score (nSPS) is 12.7. The molecule has 0 N–H and O–H groups in total. The molecule has 0 bridgehead atoms. The van der Waals surface area contributed by atoms with Gasteiger partial charge in [0, 0.05) is 19.3 Å². The summed E-state index contributed by atoms with van der Waals surface area (Å²) >= 11 is 0. The van der Waals surface area contributed by atoms with E-state index in [1.54, 1.807) is 0 Å². The van der Waals surface area contributed by atoms with Crippen molar-refractivity contribution >= 4 is 17.9 Å². The van der Waals surface area contributed by atoms with Crippen LogP contribution < -0.4 is 0 Å². The lowest BCUT2D eigenvalue weighted by Crippen LogP contribution is -2.30. The molecule has 6 nitrogen and oxygen atoms in total. The van der Waals surface area contributed by atoms with Crippen molar-refractivity contribution in [2.45, 2.75) is 361 Å². The lowest BCUT2D eigenvalue weighted by molar-refractivity contribution is -0.167. The molecule has 0 aliphatic carbocycles. The zero-order valence-electron chi connectivity index (χ0n) is 54.9. The van der Waals surface area contributed by atoms with E-state index >= 15 is 0 Å². The Morgan fingerprint density at radius 1 is 0.253 bits per heavy atom. The fourth-order valence-corrected chi connectivity index (χ4v) is 10.2. The van der Waals surface area contributed by atoms with E-state index in [1.165, 1.54) is 205 Å². The molecule has 0 aromatic rings. The fourth-order valence-electron chi connectivity index (χ4n) is 10.2. The van der Waals surface area contributed by atoms with Gasteiger partial charge in [-0.15, -0.1) is 0 Å². The van der Waals surface area contributed by atoms with E-state index in [0.717, 1.165) is 109 Å². The number of hydrogen-bond acceptors (Lipinski definition) is 6. The molecule has 0 spiro atoms. The summed E-state index contributed by atoms with van der Waals surface area (Å²) in [6, 6.07) is 0. The van der Waals surface area contributed by atoms with Gasteiger partial charge in [0.25, 0.3) is 0 Å². The van der Waals surface area contributed by atoms with E-state index < -0.39 is 6.10 Å². The van der Waals surface area contributed by atoms with Crippen molar-refractivity contribution in [3.63, 3.8) is 0 Å². The van der Waals surface area contributed by atoms with E-state index in [-0.39, 0.29) is 31.1 Å². The zero-order valence-corrected chi connectivity index (χ0v) is 54.9. The second-order valence-electron chi connectivity index (χ2n) is 23.8. The van der Waals surface area contributed by atoms with Crippen LogP contribution in [0, 0.1) is 0 Å². The highest BCUT2D eigenvalue weighted by Gasteiger charge is 2.19. The lowest BCUT2D eigenvalue weighted by Gasteiger charge is -2.18. The molecule has 0 aliphatic rings. The first-order valence-electron chi connectivity index (χ1n) is 35.7. The molecule has 0 aliphatic heterocycles. The summed E-state index contributed by atoms with van der Waals surface area (Å²) in [5, 5.41) is 0. The predicted molar refractivity (Wildman–Crippen MR) is 362 cm³/mol. The van der Waals surface area contributed by atoms with Gasteiger partial charge in [0.2, 0.25) is 0 Å². The predicted octanol–water partition coefficient (Wildman–Crippen LogP) is 24.8. The van der Waals surface area contributed by atoms with Crippen molar-refractivity contribution in [2.75, 3.05) is 13.2 Å². The van der Waals surface area contributed by atoms with Crippen LogP contribution in [0.5, 0.6) is 0 Å². The molecule has 0 heterocycles. The van der Waals surface area contributed by atoms with Gasteiger partial charge in [0.15, 0.2) is 6.10 Å². The van der Waals surface area contributed by atoms with Gasteiger partial charge in [-0.3, -0.25) is 14.4 Å². The van der Waals surface area contributed by atoms with Gasteiger partial charge in [0.1, 0.15) is 13.2 Å². The van der Waals surface area contributed by atoms with Crippen LogP contribution in [0.15, 0.2) is 97.2 Å². The summed E-state index contributed by atoms with van der Waals surface area (Å²) in [6.45, 7) is 6.55. The van der Waals surface area contributed by atoms with Crippen LogP contribution in [0.4, 0.5) is 0 Å². The van der Waals surface area contributed by atoms with Crippen LogP contribution in [0.2, 0.25) is 0 Å². The SMILES string of the molecule is CC/C=C\C/C=C\C/C=C\C/C=C\C/C=C\C/C=C\C/C=C\CCCCCCCCCCCCCCCC(=O)OCC(COC(=O)CCCCCCC/C=C\CCCCCC)OC(=O)CCCCCCCCCCCCCCCCCCC. The van der Waals surface area contributed by atoms with Crippen LogP contribution in [-0.4, -0.2) is 37.2 Å². The third kappa shape index (κ3) is 69.0. The Bertz CT molecular complexity index is 1610. The Kier molecular flexibility index (Phi) is 67.7. The van der Waals surface area contributed by atoms with Gasteiger partial charge >= 0.3 is 17.9 Å². The monoisotopic (exact) mass is 1160 g/mol. The molecule has 0 saturated carbocycles. The van der Waals surface area contributed by atoms with Crippen LogP contribution in [0.25, 0.3) is 0 Å². The van der Waals surface area contributed by atoms with E-state index in [0.29, 0.717) is 19.3 Å². The molecule has 1 atom stereocenters. The van der Waals surface area contributed by atoms with Crippen molar-refractivity contribution in [3.05, 3.63) is 97.2 Å². The molecule has 1 unspecified atom stereocenters. The standard InChI is InChI=1S/C77H134O6/c1-4-7-10-13-16-19-22-25-27-29-30-31-32-33-34-35-36-37-38-39-40-41-42-43-44-45-46-48-49-52-55-58-61-64-67-70-76(79)82-73-74(72-81-75(78)69-66-63-60-57-54-51-24-21-18-15-12-9-6-3)83-77(80)71-68-65-62-59-56-53-50-47-28-26-23-20-17-14-11-8-5-2/h7,10,16,19,21,24-25,27,30-31,33-34,36-37,39-40,74H,4-6,8-9,11-15,17-18,20,22-23,26,28-29,32,35,38,41-73H2,1-3H3/b10-7-,19-16-,24-21-,27-25-,31-30-,34-33-,37-36-,40-39-. The molecular weight excluding hydrogens is 1020 g/mol. The summed E-state index contributed by atoms with van der Waals surface area (Å²) in [5.74, 6) is -0.867. The number of rotatable bonds is 65. The second kappa shape index (κ2) is 70.8. The maximum Gasteiger partial charge on any atom is 0.306 e. The fraction of sp³-hybridized carbons (Fsp3) is 0.753. The molecule has 0 radical (unpaired) electrons. The third-order valence-electron chi connectivity index (χ3n) is 15.6. The number of hydrogen-bond donors (Lipinski definition) is 0. The highest BCUT2D eigenvalue weighted by atomic mass is 16.6. The molecule has 0 aromatic carbocycles. The number of unbranched alkanes of at least 4 members (excludes halogenated alkanes) is 38. The van der Waals surface area contributed by atoms with Gasteiger partial charge in [-0.05, 0) is 103 Å². The van der Waals surface area contributed by atoms with Crippen LogP contribution in [0.1, 0.15) is 355 Å². The van der Waals surface area contributed by atoms with E-state index in [1.807, 2.05) is 0 Å². The van der Waals surface area contributed by atoms with Crippen molar-refractivity contribution in [3.8, 4) is 0 Å². The first-order valence-corrected chi connectivity index (χ1v) is 35.7. The van der Waals surface area contributed by atoms with Crippen LogP contribution in [0.3, 0.4) is 0 Å². The minimum absolute atomic E-state index is 0.0756. The minimum atomic E-state index is -0.779. The smallest absolute Gasteiger partial charge is 0.306 e. The second-order valence-corrected chi connectivity index (χ2v) is 23.8. The quantitative estimate of drug-likeness (QED) is 0.0261. The summed E-state index contributed by atoms with van der Waals surface area (Å²) in [5.41, 5.74) is 0. The lowest BCUT2D eigenvalue weighted by atomic mass is 10.0. The van der Waals surface area contributed by atoms with Crippen LogP contribution >= 0.6 is 0 Å². The van der Waals surface area contributed by atoms with Crippen molar-refractivity contribution < 1.29 is 28.6 Å². The number of carbonyl (C=O) groups is 3. The highest BCUT2D eigenvalue weighted by Crippen LogP contribution is 2.18. The largest absolute Gasteiger partial charge is 0.462 e. The minimum Gasteiger partial charge on any atom is -0.462 e. The maximum absolute atomic E-state index is 12.9. The van der Waals surface area contributed by atoms with Crippen molar-refractivity contribution in [1.82, 2.24) is 0 Å². The maximum atomic E-state index is 12.9. The van der Waals surface area contributed by atoms with Gasteiger partial charge in [0.05, 0.1) is 0 Å². The van der Waals surface area contributed by atoms with E-state index in [9.17, 15) is 14.4 Å². The first-order chi connectivity index (χ1) is 41.0. The first kappa shape index (κ1) is 79.3. The highest BCUT2D eigenvalue weighted by molar-refractivity contribution is 5.71. The summed E-state index contributed by atoms with van der Waals surface area (Å²) in [7, 11) is 0. The average molecular weight is 1160 g/mol. The summed E-state index contributed by atoms with van der Waals surface area (Å²) in [4.78, 5) is 38.4. The van der Waals surface area contributed by atoms with Crippen LogP contribution in [-0.2, 0) is 28.6 Å². The Morgan fingerprint density at radius 2 is 0.470 bits per heavy atom. The topological polar surface area (TPSA) is 78.9 Å². The van der Waals surface area contributed by atoms with Crippen molar-refractivity contribution in [1.29, 1.82) is 0 Å². The summed E-state index contributed by atoms with van der Waals surface area (Å²) in [6.07, 6.45) is 95.8. The van der Waals surface area contributed by atoms with Crippen molar-refractivity contribution in [2.24, 2.45) is 0 Å². The number of esters is 3. The molecule has 0 saturated heterocycles. The zero-order chi connectivity index (χ0) is 59.9. The number of carbonyl (C=O) groups excluding carboxylic acids is 3. The molecule has 0 amide bonds. The van der Waals surface area contributed by atoms with Gasteiger partial charge in [-0.1, -0.05) is 330 Å². The number of ether oxygens (including phenoxy) is 3. The molecule has 6 heteroatoms. The van der Waals surface area contributed by atoms with E-state index in [2.05, 4.69) is 118 Å².